The summed E-state index contributed by atoms with van der Waals surface area (Å²) in [5.41, 5.74) is 1.39. The van der Waals surface area contributed by atoms with Crippen LogP contribution in [-0.2, 0) is 6.54 Å². The maximum atomic E-state index is 12.8. The van der Waals surface area contributed by atoms with Crippen LogP contribution < -0.4 is 9.47 Å². The molecule has 0 saturated carbocycles. The summed E-state index contributed by atoms with van der Waals surface area (Å²) < 4.78 is 11.4. The molecule has 1 N–H and O–H groups in total. The molecule has 0 radical (unpaired) electrons. The summed E-state index contributed by atoms with van der Waals surface area (Å²) in [6.07, 6.45) is 1.61. The second-order valence-corrected chi connectivity index (χ2v) is 6.31. The number of benzene rings is 2. The molecule has 0 aliphatic carbocycles. The quantitative estimate of drug-likeness (QED) is 0.572. The Morgan fingerprint density at radius 2 is 1.90 bits per heavy atom. The Labute approximate surface area is 168 Å². The number of phenolic OH excluding ortho intramolecular Hbond substituents is 1. The van der Waals surface area contributed by atoms with Gasteiger partial charge in [-0.3, -0.25) is 9.69 Å². The number of phenols is 1. The van der Waals surface area contributed by atoms with Gasteiger partial charge in [0, 0.05) is 12.1 Å². The Balaban J connectivity index is 1.97. The van der Waals surface area contributed by atoms with E-state index >= 15 is 0 Å². The minimum absolute atomic E-state index is 0.00897. The zero-order valence-corrected chi connectivity index (χ0v) is 15.9. The molecular formula is C22H19N3O4. The number of rotatable bonds is 7. The summed E-state index contributed by atoms with van der Waals surface area (Å²) in [6, 6.07) is 14.2. The third kappa shape index (κ3) is 4.21. The standard InChI is InChI=1S/C22H19N3O4/c1-2-28-19-6-4-3-5-15(19)13-20-21(27)16-7-8-18(26)17(22(16)29-20)14-25(11-9-23)12-10-24/h3-8,13,26H,2,11-12,14H2,1H3/b20-13-. The second kappa shape index (κ2) is 8.92. The predicted octanol–water partition coefficient (Wildman–Crippen LogP) is 3.26. The first-order valence-electron chi connectivity index (χ1n) is 9.06. The van der Waals surface area contributed by atoms with Crippen molar-refractivity contribution in [1.29, 1.82) is 10.5 Å². The fourth-order valence-corrected chi connectivity index (χ4v) is 3.07. The molecule has 2 aromatic carbocycles. The van der Waals surface area contributed by atoms with E-state index in [0.29, 0.717) is 29.0 Å². The van der Waals surface area contributed by atoms with Crippen molar-refractivity contribution in [2.75, 3.05) is 19.7 Å². The summed E-state index contributed by atoms with van der Waals surface area (Å²) in [7, 11) is 0. The minimum Gasteiger partial charge on any atom is -0.507 e. The number of ketones is 1. The molecule has 0 saturated heterocycles. The molecule has 146 valence electrons. The molecule has 0 unspecified atom stereocenters. The summed E-state index contributed by atoms with van der Waals surface area (Å²) in [5, 5.41) is 28.2. The van der Waals surface area contributed by atoms with Gasteiger partial charge in [-0.2, -0.15) is 10.5 Å². The molecule has 1 heterocycles. The van der Waals surface area contributed by atoms with Crippen LogP contribution in [-0.4, -0.2) is 35.5 Å². The van der Waals surface area contributed by atoms with E-state index in [1.807, 2.05) is 37.3 Å². The highest BCUT2D eigenvalue weighted by atomic mass is 16.5. The van der Waals surface area contributed by atoms with E-state index in [2.05, 4.69) is 0 Å². The number of carbonyl (C=O) groups excluding carboxylic acids is 1. The number of hydrogen-bond acceptors (Lipinski definition) is 7. The summed E-state index contributed by atoms with van der Waals surface area (Å²) in [5.74, 6) is 0.627. The van der Waals surface area contributed by atoms with Gasteiger partial charge in [-0.25, -0.2) is 0 Å². The van der Waals surface area contributed by atoms with Gasteiger partial charge in [0.2, 0.25) is 5.78 Å². The Morgan fingerprint density at radius 3 is 2.59 bits per heavy atom. The van der Waals surface area contributed by atoms with E-state index in [-0.39, 0.29) is 42.7 Å². The molecule has 0 atom stereocenters. The molecule has 0 bridgehead atoms. The molecule has 2 aromatic rings. The van der Waals surface area contributed by atoms with Gasteiger partial charge in [0.1, 0.15) is 17.2 Å². The molecule has 1 aliphatic heterocycles. The number of carbonyl (C=O) groups is 1. The van der Waals surface area contributed by atoms with Gasteiger partial charge in [0.25, 0.3) is 0 Å². The van der Waals surface area contributed by atoms with Crippen LogP contribution >= 0.6 is 0 Å². The number of nitriles is 2. The van der Waals surface area contributed by atoms with Crippen LogP contribution in [0, 0.1) is 22.7 Å². The Bertz CT molecular complexity index is 1030. The number of nitrogens with zero attached hydrogens (tertiary/aromatic N) is 3. The Morgan fingerprint density at radius 1 is 1.17 bits per heavy atom. The van der Waals surface area contributed by atoms with E-state index in [0.717, 1.165) is 0 Å². The average Bonchev–Trinajstić information content (AvgIpc) is 3.02. The number of aromatic hydroxyl groups is 1. The van der Waals surface area contributed by atoms with Gasteiger partial charge in [0.15, 0.2) is 5.76 Å². The van der Waals surface area contributed by atoms with Crippen LogP contribution in [0.1, 0.15) is 28.4 Å². The van der Waals surface area contributed by atoms with Crippen molar-refractivity contribution in [3.05, 3.63) is 58.8 Å². The van der Waals surface area contributed by atoms with Gasteiger partial charge >= 0.3 is 0 Å². The van der Waals surface area contributed by atoms with Gasteiger partial charge in [-0.1, -0.05) is 18.2 Å². The van der Waals surface area contributed by atoms with E-state index < -0.39 is 0 Å². The topological polar surface area (TPSA) is 107 Å². The van der Waals surface area contributed by atoms with Gasteiger partial charge in [0.05, 0.1) is 43.0 Å². The number of ether oxygens (including phenoxy) is 2. The Hall–Kier alpha value is -3.81. The van der Waals surface area contributed by atoms with Crippen LogP contribution in [0.5, 0.6) is 17.2 Å². The molecule has 7 heteroatoms. The summed E-state index contributed by atoms with van der Waals surface area (Å²) >= 11 is 0. The van der Waals surface area contributed by atoms with Crippen molar-refractivity contribution >= 4 is 11.9 Å². The predicted molar refractivity (Wildman–Crippen MR) is 105 cm³/mol. The number of fused-ring (bicyclic) bond motifs is 1. The first kappa shape index (κ1) is 19.9. The lowest BCUT2D eigenvalue weighted by molar-refractivity contribution is 0.101. The van der Waals surface area contributed by atoms with Gasteiger partial charge in [-0.05, 0) is 31.2 Å². The maximum Gasteiger partial charge on any atom is 0.231 e. The molecule has 0 fully saturated rings. The molecule has 1 aliphatic rings. The molecule has 7 nitrogen and oxygen atoms in total. The summed E-state index contributed by atoms with van der Waals surface area (Å²) in [4.78, 5) is 14.4. The van der Waals surface area contributed by atoms with Crippen molar-refractivity contribution in [2.45, 2.75) is 13.5 Å². The SMILES string of the molecule is CCOc1ccccc1/C=C1\Oc2c(ccc(O)c2CN(CC#N)CC#N)C1=O. The molecule has 0 spiro atoms. The maximum absolute atomic E-state index is 12.8. The number of allylic oxidation sites excluding steroid dienone is 1. The highest BCUT2D eigenvalue weighted by Crippen LogP contribution is 2.40. The molecule has 0 aromatic heterocycles. The minimum atomic E-state index is -0.306. The van der Waals surface area contributed by atoms with Crippen molar-refractivity contribution < 1.29 is 19.4 Å². The summed E-state index contributed by atoms with van der Waals surface area (Å²) in [6.45, 7) is 2.48. The molecular weight excluding hydrogens is 370 g/mol. The largest absolute Gasteiger partial charge is 0.507 e. The van der Waals surface area contributed by atoms with Gasteiger partial charge < -0.3 is 14.6 Å². The fourth-order valence-electron chi connectivity index (χ4n) is 3.07. The van der Waals surface area contributed by atoms with Crippen LogP contribution in [0.3, 0.4) is 0 Å². The highest BCUT2D eigenvalue weighted by molar-refractivity contribution is 6.15. The van der Waals surface area contributed by atoms with Crippen LogP contribution in [0.15, 0.2) is 42.2 Å². The van der Waals surface area contributed by atoms with Crippen molar-refractivity contribution in [3.63, 3.8) is 0 Å². The Kier molecular flexibility index (Phi) is 6.13. The zero-order valence-electron chi connectivity index (χ0n) is 15.9. The lowest BCUT2D eigenvalue weighted by atomic mass is 10.0. The molecule has 0 amide bonds. The lowest BCUT2D eigenvalue weighted by Crippen LogP contribution is -2.24. The van der Waals surface area contributed by atoms with Crippen LogP contribution in [0.4, 0.5) is 0 Å². The van der Waals surface area contributed by atoms with Crippen molar-refractivity contribution in [3.8, 4) is 29.4 Å². The van der Waals surface area contributed by atoms with Crippen molar-refractivity contribution in [1.82, 2.24) is 4.90 Å². The number of para-hydroxylation sites is 1. The average molecular weight is 389 g/mol. The molecule has 29 heavy (non-hydrogen) atoms. The molecule has 3 rings (SSSR count). The normalized spacial score (nSPS) is 13.7. The van der Waals surface area contributed by atoms with Gasteiger partial charge in [-0.15, -0.1) is 0 Å². The monoisotopic (exact) mass is 389 g/mol. The number of Topliss-reactive ketones (excluding diaryl/α,β-unsaturated/α-hetero) is 1. The third-order valence-corrected chi connectivity index (χ3v) is 4.39. The van der Waals surface area contributed by atoms with Crippen molar-refractivity contribution in [2.24, 2.45) is 0 Å². The second-order valence-electron chi connectivity index (χ2n) is 6.31. The highest BCUT2D eigenvalue weighted by Gasteiger charge is 2.32. The smallest absolute Gasteiger partial charge is 0.231 e. The number of hydrogen-bond donors (Lipinski definition) is 1. The van der Waals surface area contributed by atoms with E-state index in [1.165, 1.54) is 12.1 Å². The van der Waals surface area contributed by atoms with E-state index in [1.54, 1.807) is 17.0 Å². The first-order chi connectivity index (χ1) is 14.1. The lowest BCUT2D eigenvalue weighted by Gasteiger charge is -2.17. The van der Waals surface area contributed by atoms with Crippen LogP contribution in [0.25, 0.3) is 6.08 Å². The third-order valence-electron chi connectivity index (χ3n) is 4.39. The van der Waals surface area contributed by atoms with E-state index in [9.17, 15) is 9.90 Å². The zero-order chi connectivity index (χ0) is 20.8. The first-order valence-corrected chi connectivity index (χ1v) is 9.06. The fraction of sp³-hybridized carbons (Fsp3) is 0.227. The van der Waals surface area contributed by atoms with Crippen LogP contribution in [0.2, 0.25) is 0 Å². The van der Waals surface area contributed by atoms with E-state index in [4.69, 9.17) is 20.0 Å².